The minimum Gasteiger partial charge on any atom is -0.338 e. The Morgan fingerprint density at radius 1 is 1.27 bits per heavy atom. The van der Waals surface area contributed by atoms with E-state index in [-0.39, 0.29) is 11.4 Å². The number of nitrogens with zero attached hydrogens (tertiary/aromatic N) is 2. The Morgan fingerprint density at radius 3 is 2.68 bits per heavy atom. The fraction of sp³-hybridized carbons (Fsp3) is 0.412. The number of hydrogen-bond donors (Lipinski definition) is 2. The highest BCUT2D eigenvalue weighted by atomic mass is 16.2. The van der Waals surface area contributed by atoms with E-state index in [0.29, 0.717) is 13.1 Å². The molecule has 1 aromatic carbocycles. The second-order valence-corrected chi connectivity index (χ2v) is 6.03. The van der Waals surface area contributed by atoms with Crippen LogP contribution in [-0.4, -0.2) is 28.9 Å². The smallest absolute Gasteiger partial charge is 0.314 e. The van der Waals surface area contributed by atoms with E-state index < -0.39 is 0 Å². The molecule has 1 heterocycles. The molecule has 1 fully saturated rings. The van der Waals surface area contributed by atoms with E-state index in [1.165, 1.54) is 5.56 Å². The summed E-state index contributed by atoms with van der Waals surface area (Å²) >= 11 is 0. The minimum atomic E-state index is -0.0916. The lowest BCUT2D eigenvalue weighted by Crippen LogP contribution is -2.40. The van der Waals surface area contributed by atoms with Crippen LogP contribution in [0.15, 0.2) is 42.7 Å². The van der Waals surface area contributed by atoms with Crippen molar-refractivity contribution in [3.8, 4) is 0 Å². The summed E-state index contributed by atoms with van der Waals surface area (Å²) in [6, 6.07) is 10.3. The molecule has 1 aliphatic carbocycles. The minimum absolute atomic E-state index is 0.0916. The second-order valence-electron chi connectivity index (χ2n) is 6.03. The monoisotopic (exact) mass is 298 g/mol. The fourth-order valence-corrected chi connectivity index (χ4v) is 2.74. The summed E-state index contributed by atoms with van der Waals surface area (Å²) < 4.78 is 1.77. The van der Waals surface area contributed by atoms with Crippen molar-refractivity contribution in [2.75, 3.05) is 13.1 Å². The SMILES string of the molecule is Cn1cc(CCNC(=O)NCC2(c3ccccc3)CC2)cn1. The van der Waals surface area contributed by atoms with Gasteiger partial charge in [-0.15, -0.1) is 0 Å². The zero-order valence-electron chi connectivity index (χ0n) is 12.9. The van der Waals surface area contributed by atoms with E-state index in [1.807, 2.05) is 25.5 Å². The van der Waals surface area contributed by atoms with E-state index in [4.69, 9.17) is 0 Å². The van der Waals surface area contributed by atoms with Gasteiger partial charge in [0.1, 0.15) is 0 Å². The number of carbonyl (C=O) groups is 1. The van der Waals surface area contributed by atoms with Crippen molar-refractivity contribution in [3.05, 3.63) is 53.9 Å². The summed E-state index contributed by atoms with van der Waals surface area (Å²) in [5.74, 6) is 0. The van der Waals surface area contributed by atoms with Gasteiger partial charge < -0.3 is 10.6 Å². The third-order valence-corrected chi connectivity index (χ3v) is 4.28. The maximum atomic E-state index is 11.9. The average Bonchev–Trinajstić information content (AvgIpc) is 3.22. The molecule has 1 aromatic heterocycles. The lowest BCUT2D eigenvalue weighted by molar-refractivity contribution is 0.240. The number of aromatic nitrogens is 2. The van der Waals surface area contributed by atoms with Crippen LogP contribution in [0.25, 0.3) is 0 Å². The maximum absolute atomic E-state index is 11.9. The summed E-state index contributed by atoms with van der Waals surface area (Å²) in [7, 11) is 1.89. The molecule has 5 nitrogen and oxygen atoms in total. The van der Waals surface area contributed by atoms with E-state index in [2.05, 4.69) is 40.0 Å². The summed E-state index contributed by atoms with van der Waals surface area (Å²) in [4.78, 5) is 11.9. The Hall–Kier alpha value is -2.30. The van der Waals surface area contributed by atoms with Gasteiger partial charge in [0.2, 0.25) is 0 Å². The molecule has 2 N–H and O–H groups in total. The summed E-state index contributed by atoms with van der Waals surface area (Å²) in [5, 5.41) is 10.0. The predicted octanol–water partition coefficient (Wildman–Crippen LogP) is 1.99. The van der Waals surface area contributed by atoms with Crippen LogP contribution in [0.5, 0.6) is 0 Å². The topological polar surface area (TPSA) is 59.0 Å². The maximum Gasteiger partial charge on any atom is 0.314 e. The molecule has 2 aromatic rings. The van der Waals surface area contributed by atoms with Crippen molar-refractivity contribution in [3.63, 3.8) is 0 Å². The molecular formula is C17H22N4O. The number of urea groups is 1. The molecule has 0 radical (unpaired) electrons. The largest absolute Gasteiger partial charge is 0.338 e. The number of aryl methyl sites for hydroxylation is 1. The first-order valence-electron chi connectivity index (χ1n) is 7.73. The van der Waals surface area contributed by atoms with E-state index in [0.717, 1.165) is 24.8 Å². The van der Waals surface area contributed by atoms with Crippen LogP contribution in [0.2, 0.25) is 0 Å². The van der Waals surface area contributed by atoms with Crippen LogP contribution in [-0.2, 0) is 18.9 Å². The lowest BCUT2D eigenvalue weighted by atomic mass is 9.96. The molecule has 5 heteroatoms. The number of rotatable bonds is 6. The van der Waals surface area contributed by atoms with Crippen LogP contribution < -0.4 is 10.6 Å². The number of nitrogens with one attached hydrogen (secondary N) is 2. The lowest BCUT2D eigenvalue weighted by Gasteiger charge is -2.16. The van der Waals surface area contributed by atoms with Crippen LogP contribution >= 0.6 is 0 Å². The van der Waals surface area contributed by atoms with Crippen LogP contribution in [0.1, 0.15) is 24.0 Å². The number of amides is 2. The molecular weight excluding hydrogens is 276 g/mol. The third-order valence-electron chi connectivity index (χ3n) is 4.28. The van der Waals surface area contributed by atoms with Gasteiger partial charge >= 0.3 is 6.03 Å². The van der Waals surface area contributed by atoms with Gasteiger partial charge in [-0.3, -0.25) is 4.68 Å². The first-order valence-corrected chi connectivity index (χ1v) is 7.73. The van der Waals surface area contributed by atoms with Crippen molar-refractivity contribution in [2.45, 2.75) is 24.7 Å². The number of carbonyl (C=O) groups excluding carboxylic acids is 1. The van der Waals surface area contributed by atoms with Gasteiger partial charge in [-0.1, -0.05) is 30.3 Å². The summed E-state index contributed by atoms with van der Waals surface area (Å²) in [6.07, 6.45) is 6.88. The summed E-state index contributed by atoms with van der Waals surface area (Å²) in [6.45, 7) is 1.33. The number of hydrogen-bond acceptors (Lipinski definition) is 2. The van der Waals surface area contributed by atoms with Gasteiger partial charge in [-0.05, 0) is 30.4 Å². The molecule has 1 saturated carbocycles. The van der Waals surface area contributed by atoms with E-state index in [9.17, 15) is 4.79 Å². The molecule has 116 valence electrons. The Bertz CT molecular complexity index is 631. The Balaban J connectivity index is 1.41. The normalized spacial score (nSPS) is 15.3. The van der Waals surface area contributed by atoms with Crippen molar-refractivity contribution in [1.29, 1.82) is 0 Å². The van der Waals surface area contributed by atoms with Crippen molar-refractivity contribution in [2.24, 2.45) is 7.05 Å². The number of benzene rings is 1. The molecule has 0 bridgehead atoms. The van der Waals surface area contributed by atoms with Gasteiger partial charge in [0, 0.05) is 31.7 Å². The summed E-state index contributed by atoms with van der Waals surface area (Å²) in [5.41, 5.74) is 2.61. The molecule has 0 unspecified atom stereocenters. The zero-order valence-corrected chi connectivity index (χ0v) is 12.9. The molecule has 0 atom stereocenters. The van der Waals surface area contributed by atoms with Crippen LogP contribution in [0.3, 0.4) is 0 Å². The van der Waals surface area contributed by atoms with Gasteiger partial charge in [0.25, 0.3) is 0 Å². The first-order chi connectivity index (χ1) is 10.7. The highest BCUT2D eigenvalue weighted by Crippen LogP contribution is 2.47. The fourth-order valence-electron chi connectivity index (χ4n) is 2.74. The first kappa shape index (κ1) is 14.6. The van der Waals surface area contributed by atoms with Crippen LogP contribution in [0, 0.1) is 0 Å². The quantitative estimate of drug-likeness (QED) is 0.857. The van der Waals surface area contributed by atoms with Gasteiger partial charge in [0.15, 0.2) is 0 Å². The molecule has 3 rings (SSSR count). The predicted molar refractivity (Wildman–Crippen MR) is 85.7 cm³/mol. The molecule has 1 aliphatic rings. The molecule has 0 spiro atoms. The van der Waals surface area contributed by atoms with Crippen molar-refractivity contribution >= 4 is 6.03 Å². The van der Waals surface area contributed by atoms with Crippen molar-refractivity contribution < 1.29 is 4.79 Å². The standard InChI is InChI=1S/C17H22N4O/c1-21-12-14(11-20-21)7-10-18-16(22)19-13-17(8-9-17)15-5-3-2-4-6-15/h2-6,11-12H,7-10,13H2,1H3,(H2,18,19,22). The van der Waals surface area contributed by atoms with E-state index in [1.54, 1.807) is 4.68 Å². The average molecular weight is 298 g/mol. The van der Waals surface area contributed by atoms with E-state index >= 15 is 0 Å². The van der Waals surface area contributed by atoms with Gasteiger partial charge in [-0.25, -0.2) is 4.79 Å². The molecule has 0 saturated heterocycles. The van der Waals surface area contributed by atoms with Crippen molar-refractivity contribution in [1.82, 2.24) is 20.4 Å². The van der Waals surface area contributed by atoms with Crippen LogP contribution in [0.4, 0.5) is 4.79 Å². The van der Waals surface area contributed by atoms with Gasteiger partial charge in [-0.2, -0.15) is 5.10 Å². The molecule has 0 aliphatic heterocycles. The highest BCUT2D eigenvalue weighted by molar-refractivity contribution is 5.74. The zero-order chi connectivity index (χ0) is 15.4. The Labute approximate surface area is 130 Å². The van der Waals surface area contributed by atoms with Gasteiger partial charge in [0.05, 0.1) is 6.20 Å². The molecule has 22 heavy (non-hydrogen) atoms. The Morgan fingerprint density at radius 2 is 2.05 bits per heavy atom. The highest BCUT2D eigenvalue weighted by Gasteiger charge is 2.44. The Kier molecular flexibility index (Phi) is 4.13. The third kappa shape index (κ3) is 3.47. The molecule has 2 amide bonds. The second kappa shape index (κ2) is 6.22.